The van der Waals surface area contributed by atoms with Crippen LogP contribution in [0.25, 0.3) is 0 Å². The molecule has 0 radical (unpaired) electrons. The molecule has 18 heavy (non-hydrogen) atoms. The standard InChI is InChI=1S/C13H16O5/c1-9(12(14)15)18-13(16)10(2)17-8-11-6-4-3-5-7-11/h3-7,9-10H,8H2,1-2H3,(H,14,15). The van der Waals surface area contributed by atoms with Crippen LogP contribution in [-0.2, 0) is 25.7 Å². The second-order valence-corrected chi connectivity index (χ2v) is 3.86. The Hall–Kier alpha value is -1.88. The molecule has 2 atom stereocenters. The number of carboxylic acids is 1. The number of ether oxygens (including phenoxy) is 2. The topological polar surface area (TPSA) is 72.8 Å². The monoisotopic (exact) mass is 252 g/mol. The molecule has 5 nitrogen and oxygen atoms in total. The van der Waals surface area contributed by atoms with Gasteiger partial charge in [-0.1, -0.05) is 30.3 Å². The summed E-state index contributed by atoms with van der Waals surface area (Å²) in [4.78, 5) is 22.0. The van der Waals surface area contributed by atoms with Crippen molar-refractivity contribution >= 4 is 11.9 Å². The van der Waals surface area contributed by atoms with Gasteiger partial charge in [-0.3, -0.25) is 0 Å². The smallest absolute Gasteiger partial charge is 0.344 e. The van der Waals surface area contributed by atoms with E-state index in [2.05, 4.69) is 0 Å². The van der Waals surface area contributed by atoms with Crippen LogP contribution in [0.4, 0.5) is 0 Å². The molecular weight excluding hydrogens is 236 g/mol. The van der Waals surface area contributed by atoms with Gasteiger partial charge in [0.25, 0.3) is 0 Å². The highest BCUT2D eigenvalue weighted by atomic mass is 16.6. The van der Waals surface area contributed by atoms with Crippen molar-refractivity contribution in [2.45, 2.75) is 32.7 Å². The van der Waals surface area contributed by atoms with Crippen LogP contribution in [0.1, 0.15) is 19.4 Å². The van der Waals surface area contributed by atoms with E-state index in [1.165, 1.54) is 13.8 Å². The summed E-state index contributed by atoms with van der Waals surface area (Å²) in [5.41, 5.74) is 0.934. The van der Waals surface area contributed by atoms with Gasteiger partial charge in [0.05, 0.1) is 6.61 Å². The molecule has 1 aromatic carbocycles. The molecule has 0 aromatic heterocycles. The first-order valence-electron chi connectivity index (χ1n) is 5.59. The van der Waals surface area contributed by atoms with E-state index in [1.807, 2.05) is 30.3 Å². The van der Waals surface area contributed by atoms with E-state index in [4.69, 9.17) is 14.6 Å². The average Bonchev–Trinajstić information content (AvgIpc) is 2.36. The third kappa shape index (κ3) is 4.55. The molecule has 0 aliphatic carbocycles. The quantitative estimate of drug-likeness (QED) is 0.779. The van der Waals surface area contributed by atoms with E-state index in [-0.39, 0.29) is 6.61 Å². The van der Waals surface area contributed by atoms with Crippen molar-refractivity contribution in [1.82, 2.24) is 0 Å². The van der Waals surface area contributed by atoms with Gasteiger partial charge in [0.15, 0.2) is 12.2 Å². The molecule has 0 aliphatic rings. The van der Waals surface area contributed by atoms with Gasteiger partial charge in [-0.25, -0.2) is 9.59 Å². The Labute approximate surface area is 105 Å². The molecule has 2 unspecified atom stereocenters. The van der Waals surface area contributed by atoms with Crippen LogP contribution >= 0.6 is 0 Å². The zero-order valence-corrected chi connectivity index (χ0v) is 10.3. The average molecular weight is 252 g/mol. The number of benzene rings is 1. The van der Waals surface area contributed by atoms with Crippen LogP contribution in [0, 0.1) is 0 Å². The number of aliphatic carboxylic acids is 1. The van der Waals surface area contributed by atoms with Crippen molar-refractivity contribution < 1.29 is 24.2 Å². The summed E-state index contributed by atoms with van der Waals surface area (Å²) in [6.45, 7) is 3.10. The second-order valence-electron chi connectivity index (χ2n) is 3.86. The Kier molecular flexibility index (Phi) is 5.32. The number of hydrogen-bond acceptors (Lipinski definition) is 4. The molecule has 1 aromatic rings. The lowest BCUT2D eigenvalue weighted by molar-refractivity contribution is -0.171. The van der Waals surface area contributed by atoms with E-state index >= 15 is 0 Å². The fraction of sp³-hybridized carbons (Fsp3) is 0.385. The number of carboxylic acid groups (broad SMARTS) is 1. The maximum absolute atomic E-state index is 11.5. The first-order valence-corrected chi connectivity index (χ1v) is 5.59. The predicted octanol–water partition coefficient (Wildman–Crippen LogP) is 1.61. The summed E-state index contributed by atoms with van der Waals surface area (Å²) < 4.78 is 10.0. The Balaban J connectivity index is 2.39. The molecule has 5 heteroatoms. The van der Waals surface area contributed by atoms with Crippen molar-refractivity contribution in [2.75, 3.05) is 0 Å². The third-order valence-electron chi connectivity index (χ3n) is 2.32. The molecule has 0 saturated carbocycles. The lowest BCUT2D eigenvalue weighted by atomic mass is 10.2. The van der Waals surface area contributed by atoms with Gasteiger partial charge in [0.1, 0.15) is 0 Å². The maximum Gasteiger partial charge on any atom is 0.344 e. The molecule has 98 valence electrons. The van der Waals surface area contributed by atoms with E-state index in [0.717, 1.165) is 5.56 Å². The molecule has 0 bridgehead atoms. The molecule has 0 aliphatic heterocycles. The SMILES string of the molecule is CC(OC(=O)C(C)OCc1ccccc1)C(=O)O. The summed E-state index contributed by atoms with van der Waals surface area (Å²) in [7, 11) is 0. The Bertz CT molecular complexity index is 401. The zero-order chi connectivity index (χ0) is 13.5. The van der Waals surface area contributed by atoms with Crippen LogP contribution in [-0.4, -0.2) is 29.3 Å². The molecule has 0 fully saturated rings. The Morgan fingerprint density at radius 3 is 2.33 bits per heavy atom. The highest BCUT2D eigenvalue weighted by molar-refractivity contribution is 5.79. The van der Waals surface area contributed by atoms with Gasteiger partial charge in [0.2, 0.25) is 0 Å². The number of carbonyl (C=O) groups is 2. The van der Waals surface area contributed by atoms with Crippen molar-refractivity contribution in [2.24, 2.45) is 0 Å². The number of esters is 1. The van der Waals surface area contributed by atoms with E-state index in [1.54, 1.807) is 0 Å². The number of hydrogen-bond donors (Lipinski definition) is 1. The highest BCUT2D eigenvalue weighted by Gasteiger charge is 2.21. The van der Waals surface area contributed by atoms with Crippen LogP contribution in [0.15, 0.2) is 30.3 Å². The van der Waals surface area contributed by atoms with Crippen molar-refractivity contribution in [3.8, 4) is 0 Å². The molecule has 0 heterocycles. The summed E-state index contributed by atoms with van der Waals surface area (Å²) in [5, 5.41) is 8.60. The van der Waals surface area contributed by atoms with Crippen LogP contribution in [0.3, 0.4) is 0 Å². The molecule has 1 rings (SSSR count). The Morgan fingerprint density at radius 1 is 1.17 bits per heavy atom. The highest BCUT2D eigenvalue weighted by Crippen LogP contribution is 2.05. The normalized spacial score (nSPS) is 13.7. The molecule has 1 N–H and O–H groups in total. The van der Waals surface area contributed by atoms with Gasteiger partial charge in [0, 0.05) is 0 Å². The minimum atomic E-state index is -1.18. The second kappa shape index (κ2) is 6.76. The largest absolute Gasteiger partial charge is 0.479 e. The Morgan fingerprint density at radius 2 is 1.78 bits per heavy atom. The maximum atomic E-state index is 11.5. The first-order chi connectivity index (χ1) is 8.50. The molecule has 0 spiro atoms. The van der Waals surface area contributed by atoms with Crippen LogP contribution < -0.4 is 0 Å². The molecular formula is C13H16O5. The lowest BCUT2D eigenvalue weighted by Crippen LogP contribution is -2.30. The third-order valence-corrected chi connectivity index (χ3v) is 2.32. The van der Waals surface area contributed by atoms with Crippen molar-refractivity contribution in [1.29, 1.82) is 0 Å². The first kappa shape index (κ1) is 14.2. The number of rotatable bonds is 6. The van der Waals surface area contributed by atoms with Gasteiger partial charge >= 0.3 is 11.9 Å². The number of carbonyl (C=O) groups excluding carboxylic acids is 1. The molecule has 0 amide bonds. The zero-order valence-electron chi connectivity index (χ0n) is 10.3. The summed E-state index contributed by atoms with van der Waals surface area (Å²) >= 11 is 0. The van der Waals surface area contributed by atoms with Gasteiger partial charge < -0.3 is 14.6 Å². The van der Waals surface area contributed by atoms with Crippen molar-refractivity contribution in [3.05, 3.63) is 35.9 Å². The fourth-order valence-corrected chi connectivity index (χ4v) is 1.18. The minimum Gasteiger partial charge on any atom is -0.479 e. The van der Waals surface area contributed by atoms with E-state index < -0.39 is 24.1 Å². The van der Waals surface area contributed by atoms with Gasteiger partial charge in [-0.2, -0.15) is 0 Å². The summed E-state index contributed by atoms with van der Waals surface area (Å²) in [6.07, 6.45) is -1.97. The van der Waals surface area contributed by atoms with Crippen LogP contribution in [0.5, 0.6) is 0 Å². The summed E-state index contributed by atoms with van der Waals surface area (Å²) in [6, 6.07) is 9.37. The van der Waals surface area contributed by atoms with Gasteiger partial charge in [-0.05, 0) is 19.4 Å². The summed E-state index contributed by atoms with van der Waals surface area (Å²) in [5.74, 6) is -1.86. The van der Waals surface area contributed by atoms with E-state index in [9.17, 15) is 9.59 Å². The predicted molar refractivity (Wildman–Crippen MR) is 63.9 cm³/mol. The van der Waals surface area contributed by atoms with E-state index in [0.29, 0.717) is 0 Å². The lowest BCUT2D eigenvalue weighted by Gasteiger charge is -2.14. The molecule has 0 saturated heterocycles. The van der Waals surface area contributed by atoms with Crippen LogP contribution in [0.2, 0.25) is 0 Å². The fourth-order valence-electron chi connectivity index (χ4n) is 1.18. The van der Waals surface area contributed by atoms with Gasteiger partial charge in [-0.15, -0.1) is 0 Å². The minimum absolute atomic E-state index is 0.276. The van der Waals surface area contributed by atoms with Crippen molar-refractivity contribution in [3.63, 3.8) is 0 Å².